The van der Waals surface area contributed by atoms with Gasteiger partial charge in [0.1, 0.15) is 0 Å². The summed E-state index contributed by atoms with van der Waals surface area (Å²) < 4.78 is 5.62. The summed E-state index contributed by atoms with van der Waals surface area (Å²) in [6.07, 6.45) is 9.14. The van der Waals surface area contributed by atoms with E-state index in [1.165, 1.54) is 38.5 Å². The minimum atomic E-state index is 0.355. The summed E-state index contributed by atoms with van der Waals surface area (Å²) in [7, 11) is 2.25. The second-order valence-corrected chi connectivity index (χ2v) is 7.98. The van der Waals surface area contributed by atoms with Gasteiger partial charge in [0, 0.05) is 44.9 Å². The fourth-order valence-electron chi connectivity index (χ4n) is 3.86. The number of hydrogen-bond acceptors (Lipinski definition) is 3. The fourth-order valence-corrected chi connectivity index (χ4v) is 3.86. The molecule has 0 aromatic carbocycles. The maximum absolute atomic E-state index is 5.62. The Labute approximate surface area is 155 Å². The minimum Gasteiger partial charge on any atom is -0.382 e. The second kappa shape index (κ2) is 10.4. The van der Waals surface area contributed by atoms with Gasteiger partial charge in [0.25, 0.3) is 0 Å². The molecule has 0 saturated heterocycles. The first-order chi connectivity index (χ1) is 12.1. The molecule has 0 amide bonds. The van der Waals surface area contributed by atoms with Crippen molar-refractivity contribution in [3.8, 4) is 0 Å². The number of nitrogens with one attached hydrogen (secondary N) is 2. The average Bonchev–Trinajstić information content (AvgIpc) is 3.36. The highest BCUT2D eigenvalue weighted by molar-refractivity contribution is 5.79. The predicted octanol–water partition coefficient (Wildman–Crippen LogP) is 3.01. The Bertz CT molecular complexity index is 403. The number of ether oxygens (including phenoxy) is 1. The molecule has 0 aliphatic heterocycles. The highest BCUT2D eigenvalue weighted by Crippen LogP contribution is 2.41. The molecule has 0 spiro atoms. The second-order valence-electron chi connectivity index (χ2n) is 7.98. The first-order valence-electron chi connectivity index (χ1n) is 10.4. The van der Waals surface area contributed by atoms with Crippen molar-refractivity contribution >= 4 is 5.96 Å². The van der Waals surface area contributed by atoms with Crippen molar-refractivity contribution < 1.29 is 4.74 Å². The van der Waals surface area contributed by atoms with Crippen LogP contribution in [0.25, 0.3) is 0 Å². The molecule has 0 radical (unpaired) electrons. The summed E-state index contributed by atoms with van der Waals surface area (Å²) >= 11 is 0. The van der Waals surface area contributed by atoms with Crippen LogP contribution < -0.4 is 10.6 Å². The lowest BCUT2D eigenvalue weighted by Crippen LogP contribution is -2.45. The molecule has 25 heavy (non-hydrogen) atoms. The van der Waals surface area contributed by atoms with Gasteiger partial charge in [-0.05, 0) is 65.3 Å². The van der Waals surface area contributed by atoms with Crippen LogP contribution in [0.4, 0.5) is 0 Å². The molecule has 0 aromatic rings. The Morgan fingerprint density at radius 3 is 2.56 bits per heavy atom. The molecule has 2 rings (SSSR count). The van der Waals surface area contributed by atoms with Gasteiger partial charge >= 0.3 is 0 Å². The molecule has 2 saturated carbocycles. The van der Waals surface area contributed by atoms with Gasteiger partial charge in [0.15, 0.2) is 5.96 Å². The number of rotatable bonds is 11. The van der Waals surface area contributed by atoms with E-state index in [-0.39, 0.29) is 0 Å². The van der Waals surface area contributed by atoms with Gasteiger partial charge in [-0.25, -0.2) is 0 Å². The summed E-state index contributed by atoms with van der Waals surface area (Å²) in [5.74, 6) is 0.973. The van der Waals surface area contributed by atoms with Crippen molar-refractivity contribution in [3.05, 3.63) is 0 Å². The zero-order valence-electron chi connectivity index (χ0n) is 16.9. The van der Waals surface area contributed by atoms with Crippen LogP contribution in [0.2, 0.25) is 0 Å². The van der Waals surface area contributed by atoms with E-state index in [2.05, 4.69) is 43.4 Å². The third-order valence-corrected chi connectivity index (χ3v) is 5.94. The topological polar surface area (TPSA) is 48.9 Å². The molecule has 2 fully saturated rings. The van der Waals surface area contributed by atoms with E-state index in [1.807, 2.05) is 0 Å². The van der Waals surface area contributed by atoms with E-state index in [0.29, 0.717) is 11.5 Å². The monoisotopic (exact) mass is 352 g/mol. The molecule has 2 aliphatic carbocycles. The third kappa shape index (κ3) is 6.78. The number of guanidine groups is 1. The van der Waals surface area contributed by atoms with Crippen LogP contribution in [0.1, 0.15) is 65.7 Å². The van der Waals surface area contributed by atoms with Gasteiger partial charge in [-0.3, -0.25) is 9.89 Å². The number of likely N-dealkylation sites (N-methyl/N-ethyl adjacent to an activating group) is 1. The molecular formula is C20H40N4O. The summed E-state index contributed by atoms with van der Waals surface area (Å²) in [5.41, 5.74) is 0.355. The SMILES string of the molecule is CCNC(=NCC1(CCOCC)CCCC1)NCC(C)N(C)C1CC1. The van der Waals surface area contributed by atoms with Crippen molar-refractivity contribution in [1.82, 2.24) is 15.5 Å². The van der Waals surface area contributed by atoms with Gasteiger partial charge in [0.05, 0.1) is 0 Å². The van der Waals surface area contributed by atoms with E-state index in [9.17, 15) is 0 Å². The molecule has 1 atom stereocenters. The van der Waals surface area contributed by atoms with Crippen molar-refractivity contribution in [2.75, 3.05) is 39.9 Å². The average molecular weight is 353 g/mol. The lowest BCUT2D eigenvalue weighted by atomic mass is 9.83. The van der Waals surface area contributed by atoms with E-state index in [0.717, 1.165) is 51.3 Å². The molecule has 2 N–H and O–H groups in total. The van der Waals surface area contributed by atoms with Gasteiger partial charge in [-0.15, -0.1) is 0 Å². The summed E-state index contributed by atoms with van der Waals surface area (Å²) in [5, 5.41) is 6.98. The molecule has 0 bridgehead atoms. The van der Waals surface area contributed by atoms with Crippen LogP contribution in [0, 0.1) is 5.41 Å². The Kier molecular flexibility index (Phi) is 8.50. The van der Waals surface area contributed by atoms with Crippen LogP contribution in [0.5, 0.6) is 0 Å². The Hall–Kier alpha value is -0.810. The summed E-state index contributed by atoms with van der Waals surface area (Å²) in [6.45, 7) is 11.0. The zero-order chi connectivity index (χ0) is 18.1. The predicted molar refractivity (Wildman–Crippen MR) is 106 cm³/mol. The van der Waals surface area contributed by atoms with Gasteiger partial charge in [-0.1, -0.05) is 12.8 Å². The lowest BCUT2D eigenvalue weighted by molar-refractivity contribution is 0.107. The largest absolute Gasteiger partial charge is 0.382 e. The number of aliphatic imine (C=N–C) groups is 1. The van der Waals surface area contributed by atoms with Crippen LogP contribution in [-0.4, -0.2) is 62.8 Å². The van der Waals surface area contributed by atoms with E-state index in [1.54, 1.807) is 0 Å². The highest BCUT2D eigenvalue weighted by Gasteiger charge is 2.33. The Morgan fingerprint density at radius 1 is 1.24 bits per heavy atom. The molecular weight excluding hydrogens is 312 g/mol. The van der Waals surface area contributed by atoms with Crippen LogP contribution in [-0.2, 0) is 4.74 Å². The Morgan fingerprint density at radius 2 is 1.96 bits per heavy atom. The molecule has 1 unspecified atom stereocenters. The summed E-state index contributed by atoms with van der Waals surface area (Å²) in [6, 6.07) is 1.34. The van der Waals surface area contributed by atoms with Crippen molar-refractivity contribution in [1.29, 1.82) is 0 Å². The molecule has 2 aliphatic rings. The molecule has 0 aromatic heterocycles. The van der Waals surface area contributed by atoms with Gasteiger partial charge in [0.2, 0.25) is 0 Å². The minimum absolute atomic E-state index is 0.355. The van der Waals surface area contributed by atoms with Gasteiger partial charge in [-0.2, -0.15) is 0 Å². The third-order valence-electron chi connectivity index (χ3n) is 5.94. The standard InChI is InChI=1S/C20H40N4O/c1-5-21-19(22-15-17(3)24(4)18-9-10-18)23-16-20(11-7-8-12-20)13-14-25-6-2/h17-18H,5-16H2,1-4H3,(H2,21,22,23). The Balaban J connectivity index is 1.85. The van der Waals surface area contributed by atoms with E-state index < -0.39 is 0 Å². The first-order valence-corrected chi connectivity index (χ1v) is 10.4. The van der Waals surface area contributed by atoms with Crippen LogP contribution >= 0.6 is 0 Å². The van der Waals surface area contributed by atoms with Crippen molar-refractivity contribution in [2.24, 2.45) is 10.4 Å². The number of hydrogen-bond donors (Lipinski definition) is 2. The van der Waals surface area contributed by atoms with Crippen molar-refractivity contribution in [3.63, 3.8) is 0 Å². The van der Waals surface area contributed by atoms with Crippen LogP contribution in [0.3, 0.4) is 0 Å². The zero-order valence-corrected chi connectivity index (χ0v) is 16.9. The maximum Gasteiger partial charge on any atom is 0.191 e. The maximum atomic E-state index is 5.62. The van der Waals surface area contributed by atoms with E-state index in [4.69, 9.17) is 9.73 Å². The quantitative estimate of drug-likeness (QED) is 0.341. The molecule has 5 heteroatoms. The highest BCUT2D eigenvalue weighted by atomic mass is 16.5. The van der Waals surface area contributed by atoms with Crippen LogP contribution in [0.15, 0.2) is 4.99 Å². The number of nitrogens with zero attached hydrogens (tertiary/aromatic N) is 2. The molecule has 5 nitrogen and oxygen atoms in total. The molecule has 146 valence electrons. The van der Waals surface area contributed by atoms with Gasteiger partial charge < -0.3 is 15.4 Å². The smallest absolute Gasteiger partial charge is 0.191 e. The first kappa shape index (κ1) is 20.5. The molecule has 0 heterocycles. The summed E-state index contributed by atoms with van der Waals surface area (Å²) in [4.78, 5) is 7.46. The fraction of sp³-hybridized carbons (Fsp3) is 0.950. The normalized spacial score (nSPS) is 21.6. The van der Waals surface area contributed by atoms with Crippen molar-refractivity contribution in [2.45, 2.75) is 77.8 Å². The van der Waals surface area contributed by atoms with E-state index >= 15 is 0 Å². The lowest BCUT2D eigenvalue weighted by Gasteiger charge is -2.28.